The van der Waals surface area contributed by atoms with E-state index in [1.807, 2.05) is 72.8 Å². The van der Waals surface area contributed by atoms with Crippen LogP contribution in [0.3, 0.4) is 0 Å². The van der Waals surface area contributed by atoms with Crippen molar-refractivity contribution in [3.05, 3.63) is 95.3 Å². The predicted octanol–water partition coefficient (Wildman–Crippen LogP) is 5.33. The number of hydrogen-bond acceptors (Lipinski definition) is 6. The molecule has 6 heteroatoms. The number of nitrogens with zero attached hydrogens (tertiary/aromatic N) is 2. The van der Waals surface area contributed by atoms with E-state index < -0.39 is 0 Å². The molecule has 3 heterocycles. The molecule has 0 bridgehead atoms. The normalized spacial score (nSPS) is 11.4. The number of fused-ring (bicyclic) bond motifs is 4. The van der Waals surface area contributed by atoms with Gasteiger partial charge in [-0.05, 0) is 72.5 Å². The van der Waals surface area contributed by atoms with Gasteiger partial charge in [0.25, 0.3) is 0 Å². The molecule has 178 valence electrons. The van der Waals surface area contributed by atoms with Crippen molar-refractivity contribution in [1.82, 2.24) is 9.97 Å². The van der Waals surface area contributed by atoms with Crippen molar-refractivity contribution in [2.24, 2.45) is 0 Å². The van der Waals surface area contributed by atoms with E-state index in [1.165, 1.54) is 0 Å². The summed E-state index contributed by atoms with van der Waals surface area (Å²) in [6, 6.07) is 23.1. The van der Waals surface area contributed by atoms with Crippen molar-refractivity contribution in [3.63, 3.8) is 0 Å². The number of hydrogen-bond donors (Lipinski definition) is 0. The highest BCUT2D eigenvalue weighted by Crippen LogP contribution is 2.32. The molecule has 0 amide bonds. The standard InChI is InChI=1S/C31H20N2O4/c1-34-26-15-5-20(17-28(26)35-2)3-11-24-13-9-22-7-8-23-10-14-25(33-31(23)30(22)32-24)12-4-21-6-16-27-29(18-21)37-19-36-27/h5-10,13-18H,19H2,1-2H3. The second-order valence-electron chi connectivity index (χ2n) is 8.24. The summed E-state index contributed by atoms with van der Waals surface area (Å²) in [4.78, 5) is 9.64. The van der Waals surface area contributed by atoms with Gasteiger partial charge in [-0.1, -0.05) is 24.0 Å². The highest BCUT2D eigenvalue weighted by molar-refractivity contribution is 6.03. The zero-order chi connectivity index (χ0) is 25.2. The van der Waals surface area contributed by atoms with Crippen LogP contribution in [-0.4, -0.2) is 31.0 Å². The fourth-order valence-corrected chi connectivity index (χ4v) is 4.07. The van der Waals surface area contributed by atoms with Crippen molar-refractivity contribution in [2.75, 3.05) is 21.0 Å². The van der Waals surface area contributed by atoms with Gasteiger partial charge in [-0.25, -0.2) is 9.97 Å². The van der Waals surface area contributed by atoms with Gasteiger partial charge in [-0.3, -0.25) is 0 Å². The van der Waals surface area contributed by atoms with E-state index in [9.17, 15) is 0 Å². The van der Waals surface area contributed by atoms with Crippen LogP contribution in [0.25, 0.3) is 21.8 Å². The van der Waals surface area contributed by atoms with Crippen LogP contribution >= 0.6 is 0 Å². The molecule has 2 aromatic heterocycles. The van der Waals surface area contributed by atoms with Crippen LogP contribution in [0.5, 0.6) is 23.0 Å². The number of rotatable bonds is 2. The first kappa shape index (κ1) is 22.3. The minimum absolute atomic E-state index is 0.235. The summed E-state index contributed by atoms with van der Waals surface area (Å²) in [5.74, 6) is 15.4. The van der Waals surface area contributed by atoms with E-state index in [0.717, 1.165) is 38.7 Å². The number of methoxy groups -OCH3 is 2. The first-order valence-corrected chi connectivity index (χ1v) is 11.6. The van der Waals surface area contributed by atoms with Gasteiger partial charge in [0.15, 0.2) is 23.0 Å². The lowest BCUT2D eigenvalue weighted by atomic mass is 10.1. The average molecular weight is 485 g/mol. The maximum absolute atomic E-state index is 5.44. The van der Waals surface area contributed by atoms with E-state index >= 15 is 0 Å². The molecule has 0 atom stereocenters. The minimum atomic E-state index is 0.235. The quantitative estimate of drug-likeness (QED) is 0.249. The van der Waals surface area contributed by atoms with Crippen molar-refractivity contribution in [1.29, 1.82) is 0 Å². The van der Waals surface area contributed by atoms with E-state index in [-0.39, 0.29) is 6.79 Å². The maximum Gasteiger partial charge on any atom is 0.231 e. The summed E-state index contributed by atoms with van der Waals surface area (Å²) in [5.41, 5.74) is 4.49. The lowest BCUT2D eigenvalue weighted by Crippen LogP contribution is -1.92. The van der Waals surface area contributed by atoms with Crippen LogP contribution in [-0.2, 0) is 0 Å². The average Bonchev–Trinajstić information content (AvgIpc) is 3.42. The molecule has 6 nitrogen and oxygen atoms in total. The Labute approximate surface area is 213 Å². The summed E-state index contributed by atoms with van der Waals surface area (Å²) in [7, 11) is 3.21. The largest absolute Gasteiger partial charge is 0.493 e. The number of benzene rings is 3. The van der Waals surface area contributed by atoms with Crippen molar-refractivity contribution in [2.45, 2.75) is 0 Å². The monoisotopic (exact) mass is 484 g/mol. The molecule has 37 heavy (non-hydrogen) atoms. The molecule has 0 fully saturated rings. The van der Waals surface area contributed by atoms with Gasteiger partial charge in [0, 0.05) is 21.9 Å². The third-order valence-corrected chi connectivity index (χ3v) is 5.95. The lowest BCUT2D eigenvalue weighted by molar-refractivity contribution is 0.174. The highest BCUT2D eigenvalue weighted by atomic mass is 16.7. The van der Waals surface area contributed by atoms with Gasteiger partial charge in [-0.2, -0.15) is 0 Å². The zero-order valence-corrected chi connectivity index (χ0v) is 20.2. The third-order valence-electron chi connectivity index (χ3n) is 5.95. The summed E-state index contributed by atoms with van der Waals surface area (Å²) in [6.07, 6.45) is 0. The Hall–Kier alpha value is -5.20. The van der Waals surface area contributed by atoms with Gasteiger partial charge in [-0.15, -0.1) is 0 Å². The predicted molar refractivity (Wildman–Crippen MR) is 141 cm³/mol. The Bertz CT molecular complexity index is 1810. The lowest BCUT2D eigenvalue weighted by Gasteiger charge is -2.06. The van der Waals surface area contributed by atoms with Gasteiger partial charge >= 0.3 is 0 Å². The smallest absolute Gasteiger partial charge is 0.231 e. The molecule has 5 aromatic rings. The zero-order valence-electron chi connectivity index (χ0n) is 20.2. The Balaban J connectivity index is 1.36. The molecule has 1 aliphatic heterocycles. The van der Waals surface area contributed by atoms with Crippen molar-refractivity contribution >= 4 is 21.8 Å². The van der Waals surface area contributed by atoms with E-state index in [2.05, 4.69) is 23.7 Å². The maximum atomic E-state index is 5.44. The third kappa shape index (κ3) is 4.45. The summed E-state index contributed by atoms with van der Waals surface area (Å²) < 4.78 is 21.5. The molecular weight excluding hydrogens is 464 g/mol. The summed E-state index contributed by atoms with van der Waals surface area (Å²) in [6.45, 7) is 0.235. The Morgan fingerprint density at radius 2 is 1.16 bits per heavy atom. The Kier molecular flexibility index (Phi) is 5.69. The van der Waals surface area contributed by atoms with Crippen LogP contribution in [0, 0.1) is 23.7 Å². The molecule has 6 rings (SSSR count). The fraction of sp³-hybridized carbons (Fsp3) is 0.0968. The minimum Gasteiger partial charge on any atom is -0.493 e. The molecule has 3 aromatic carbocycles. The summed E-state index contributed by atoms with van der Waals surface area (Å²) >= 11 is 0. The molecule has 0 spiro atoms. The SMILES string of the molecule is COc1ccc(C#Cc2ccc3ccc4ccc(C#Cc5ccc6c(c5)OCO6)nc4c3n2)cc1OC. The highest BCUT2D eigenvalue weighted by Gasteiger charge is 2.12. The van der Waals surface area contributed by atoms with Crippen LogP contribution < -0.4 is 18.9 Å². The van der Waals surface area contributed by atoms with Gasteiger partial charge in [0.2, 0.25) is 6.79 Å². The summed E-state index contributed by atoms with van der Waals surface area (Å²) in [5, 5.41) is 1.97. The van der Waals surface area contributed by atoms with Crippen LogP contribution in [0.15, 0.2) is 72.8 Å². The molecule has 0 N–H and O–H groups in total. The fourth-order valence-electron chi connectivity index (χ4n) is 4.07. The molecule has 0 saturated carbocycles. The number of pyridine rings is 2. The molecule has 0 radical (unpaired) electrons. The molecular formula is C31H20N2O4. The Morgan fingerprint density at radius 1 is 0.595 bits per heavy atom. The van der Waals surface area contributed by atoms with Crippen LogP contribution in [0.4, 0.5) is 0 Å². The van der Waals surface area contributed by atoms with Gasteiger partial charge < -0.3 is 18.9 Å². The second-order valence-corrected chi connectivity index (χ2v) is 8.24. The topological polar surface area (TPSA) is 62.7 Å². The van der Waals surface area contributed by atoms with E-state index in [4.69, 9.17) is 28.9 Å². The van der Waals surface area contributed by atoms with Crippen LogP contribution in [0.1, 0.15) is 22.5 Å². The molecule has 0 aliphatic carbocycles. The molecule has 0 saturated heterocycles. The second kappa shape index (κ2) is 9.45. The van der Waals surface area contributed by atoms with E-state index in [0.29, 0.717) is 28.6 Å². The Morgan fingerprint density at radius 3 is 1.81 bits per heavy atom. The first-order valence-electron chi connectivity index (χ1n) is 11.6. The first-order chi connectivity index (χ1) is 18.2. The van der Waals surface area contributed by atoms with Gasteiger partial charge in [0.1, 0.15) is 11.4 Å². The van der Waals surface area contributed by atoms with E-state index in [1.54, 1.807) is 14.2 Å². The number of aromatic nitrogens is 2. The van der Waals surface area contributed by atoms with Crippen molar-refractivity contribution in [3.8, 4) is 46.7 Å². The number of ether oxygens (including phenoxy) is 4. The van der Waals surface area contributed by atoms with Crippen LogP contribution in [0.2, 0.25) is 0 Å². The van der Waals surface area contributed by atoms with Crippen molar-refractivity contribution < 1.29 is 18.9 Å². The molecule has 0 unspecified atom stereocenters. The molecule has 1 aliphatic rings. The van der Waals surface area contributed by atoms with Gasteiger partial charge in [0.05, 0.1) is 25.3 Å².